The highest BCUT2D eigenvalue weighted by atomic mass is 79.9. The van der Waals surface area contributed by atoms with E-state index in [4.69, 9.17) is 21.3 Å². The molecule has 2 amide bonds. The molecule has 7 nitrogen and oxygen atoms in total. The molecule has 1 aliphatic carbocycles. The Morgan fingerprint density at radius 2 is 1.74 bits per heavy atom. The molecule has 1 fully saturated rings. The second kappa shape index (κ2) is 11.5. The molecule has 0 N–H and O–H groups in total. The predicted molar refractivity (Wildman–Crippen MR) is 168 cm³/mol. The number of aryl methyl sites for hydroxylation is 1. The zero-order valence-electron chi connectivity index (χ0n) is 23.3. The predicted octanol–water partition coefficient (Wildman–Crippen LogP) is 7.37. The summed E-state index contributed by atoms with van der Waals surface area (Å²) in [5, 5.41) is 1.08. The van der Waals surface area contributed by atoms with Gasteiger partial charge in [0.2, 0.25) is 11.8 Å². The molecule has 3 unspecified atom stereocenters. The number of ether oxygens (including phenoxy) is 1. The number of allylic oxidation sites excluding steroid dienone is 2. The average Bonchev–Trinajstić information content (AvgIpc) is 3.25. The van der Waals surface area contributed by atoms with Gasteiger partial charge in [-0.1, -0.05) is 58.7 Å². The zero-order chi connectivity index (χ0) is 30.4. The van der Waals surface area contributed by atoms with Gasteiger partial charge >= 0.3 is 5.97 Å². The van der Waals surface area contributed by atoms with Crippen molar-refractivity contribution in [3.05, 3.63) is 105 Å². The summed E-state index contributed by atoms with van der Waals surface area (Å²) in [6.45, 7) is 3.43. The summed E-state index contributed by atoms with van der Waals surface area (Å²) < 4.78 is 6.24. The van der Waals surface area contributed by atoms with Crippen LogP contribution in [0, 0.1) is 24.7 Å². The van der Waals surface area contributed by atoms with Crippen LogP contribution in [-0.4, -0.2) is 35.2 Å². The van der Waals surface area contributed by atoms with Crippen LogP contribution >= 0.6 is 27.5 Å². The van der Waals surface area contributed by atoms with Gasteiger partial charge in [0, 0.05) is 26.0 Å². The summed E-state index contributed by atoms with van der Waals surface area (Å²) in [6, 6.07) is 18.7. The molecule has 0 bridgehead atoms. The molecule has 216 valence electrons. The van der Waals surface area contributed by atoms with Gasteiger partial charge in [-0.15, -0.1) is 0 Å². The standard InChI is InChI=1S/C34H26BrClN2O5/c1-18-4-3-5-25-30(18)33(41)38(32(25)40)24-12-8-20(9-13-24)28-16-27(26-15-22(35)14-19(2)31(26)37-28)34(42)43-17-29(39)21-6-10-23(36)11-7-21/h3-4,6-16,18,25,30H,5,17H2,1-2H3. The fourth-order valence-electron chi connectivity index (χ4n) is 5.88. The maximum absolute atomic E-state index is 13.4. The van der Waals surface area contributed by atoms with Crippen LogP contribution in [0.5, 0.6) is 0 Å². The van der Waals surface area contributed by atoms with E-state index in [1.54, 1.807) is 60.7 Å². The van der Waals surface area contributed by atoms with E-state index in [-0.39, 0.29) is 40.9 Å². The van der Waals surface area contributed by atoms with Crippen molar-refractivity contribution in [1.82, 2.24) is 4.98 Å². The van der Waals surface area contributed by atoms with Crippen molar-refractivity contribution in [2.45, 2.75) is 20.3 Å². The summed E-state index contributed by atoms with van der Waals surface area (Å²) in [7, 11) is 0. The fraction of sp³-hybridized carbons (Fsp3) is 0.206. The first kappa shape index (κ1) is 29.0. The quantitative estimate of drug-likeness (QED) is 0.0931. The van der Waals surface area contributed by atoms with Crippen molar-refractivity contribution in [2.75, 3.05) is 11.5 Å². The normalized spacial score (nSPS) is 19.5. The number of hydrogen-bond acceptors (Lipinski definition) is 6. The van der Waals surface area contributed by atoms with Crippen molar-refractivity contribution in [1.29, 1.82) is 0 Å². The number of imide groups is 1. The number of carbonyl (C=O) groups is 4. The van der Waals surface area contributed by atoms with E-state index in [0.717, 1.165) is 10.0 Å². The molecule has 3 aromatic carbocycles. The van der Waals surface area contributed by atoms with Crippen molar-refractivity contribution in [3.63, 3.8) is 0 Å². The Bertz CT molecular complexity index is 1830. The number of ketones is 1. The van der Waals surface area contributed by atoms with Gasteiger partial charge in [-0.3, -0.25) is 19.3 Å². The summed E-state index contributed by atoms with van der Waals surface area (Å²) >= 11 is 9.41. The third-order valence-corrected chi connectivity index (χ3v) is 8.79. The Balaban J connectivity index is 1.31. The minimum Gasteiger partial charge on any atom is -0.454 e. The van der Waals surface area contributed by atoms with Crippen LogP contribution in [0.4, 0.5) is 5.69 Å². The van der Waals surface area contributed by atoms with Gasteiger partial charge in [-0.25, -0.2) is 9.78 Å². The summed E-state index contributed by atoms with van der Waals surface area (Å²) in [5.74, 6) is -2.05. The third kappa shape index (κ3) is 5.41. The molecule has 6 rings (SSSR count). The second-order valence-electron chi connectivity index (χ2n) is 10.9. The largest absolute Gasteiger partial charge is 0.454 e. The summed E-state index contributed by atoms with van der Waals surface area (Å²) in [6.07, 6.45) is 4.54. The number of hydrogen-bond donors (Lipinski definition) is 0. The molecule has 1 aromatic heterocycles. The number of carbonyl (C=O) groups excluding carboxylic acids is 4. The highest BCUT2D eigenvalue weighted by molar-refractivity contribution is 9.10. The second-order valence-corrected chi connectivity index (χ2v) is 12.2. The Labute approximate surface area is 261 Å². The SMILES string of the molecule is Cc1cc(Br)cc2c(C(=O)OCC(=O)c3ccc(Cl)cc3)cc(-c3ccc(N4C(=O)C5CC=CC(C)C5C4=O)cc3)nc12. The van der Waals surface area contributed by atoms with Crippen LogP contribution in [0.3, 0.4) is 0 Å². The molecule has 43 heavy (non-hydrogen) atoms. The van der Waals surface area contributed by atoms with Gasteiger partial charge < -0.3 is 4.74 Å². The van der Waals surface area contributed by atoms with Crippen molar-refractivity contribution in [2.24, 2.45) is 17.8 Å². The van der Waals surface area contributed by atoms with Crippen molar-refractivity contribution < 1.29 is 23.9 Å². The first-order valence-corrected chi connectivity index (χ1v) is 15.0. The van der Waals surface area contributed by atoms with E-state index >= 15 is 0 Å². The fourth-order valence-corrected chi connectivity index (χ4v) is 6.58. The molecule has 3 atom stereocenters. The molecule has 2 aliphatic rings. The summed E-state index contributed by atoms with van der Waals surface area (Å²) in [4.78, 5) is 58.6. The number of rotatable bonds is 6. The number of anilines is 1. The number of benzene rings is 3. The smallest absolute Gasteiger partial charge is 0.339 e. The molecule has 4 aromatic rings. The van der Waals surface area contributed by atoms with Gasteiger partial charge in [-0.05, 0) is 79.4 Å². The number of nitrogens with zero attached hydrogens (tertiary/aromatic N) is 2. The van der Waals surface area contributed by atoms with Gasteiger partial charge in [0.1, 0.15) is 0 Å². The number of halogens is 2. The first-order valence-electron chi connectivity index (χ1n) is 13.8. The number of aromatic nitrogens is 1. The maximum Gasteiger partial charge on any atom is 0.339 e. The minimum absolute atomic E-state index is 0.00390. The highest BCUT2D eigenvalue weighted by Crippen LogP contribution is 2.41. The molecule has 9 heteroatoms. The van der Waals surface area contributed by atoms with E-state index < -0.39 is 12.6 Å². The third-order valence-electron chi connectivity index (χ3n) is 8.08. The number of fused-ring (bicyclic) bond motifs is 2. The van der Waals surface area contributed by atoms with Crippen LogP contribution in [0.15, 0.2) is 83.4 Å². The minimum atomic E-state index is -0.663. The Morgan fingerprint density at radius 3 is 2.44 bits per heavy atom. The van der Waals surface area contributed by atoms with Crippen LogP contribution in [0.2, 0.25) is 5.02 Å². The Hall–Kier alpha value is -4.14. The van der Waals surface area contributed by atoms with E-state index in [0.29, 0.717) is 44.9 Å². The lowest BCUT2D eigenvalue weighted by Gasteiger charge is -2.22. The van der Waals surface area contributed by atoms with Gasteiger partial charge in [0.25, 0.3) is 0 Å². The Kier molecular flexibility index (Phi) is 7.75. The lowest BCUT2D eigenvalue weighted by molar-refractivity contribution is -0.122. The first-order chi connectivity index (χ1) is 20.6. The summed E-state index contributed by atoms with van der Waals surface area (Å²) in [5.41, 5.74) is 3.78. The molecule has 1 aliphatic heterocycles. The lowest BCUT2D eigenvalue weighted by atomic mass is 9.78. The lowest BCUT2D eigenvalue weighted by Crippen LogP contribution is -2.31. The zero-order valence-corrected chi connectivity index (χ0v) is 25.7. The number of amides is 2. The molecule has 0 saturated carbocycles. The molecule has 0 radical (unpaired) electrons. The van der Waals surface area contributed by atoms with E-state index in [1.165, 1.54) is 4.90 Å². The van der Waals surface area contributed by atoms with Gasteiger partial charge in [-0.2, -0.15) is 0 Å². The molecule has 1 saturated heterocycles. The van der Waals surface area contributed by atoms with Crippen LogP contribution in [-0.2, 0) is 14.3 Å². The highest BCUT2D eigenvalue weighted by Gasteiger charge is 2.50. The Morgan fingerprint density at radius 1 is 1.02 bits per heavy atom. The van der Waals surface area contributed by atoms with E-state index in [9.17, 15) is 19.2 Å². The topological polar surface area (TPSA) is 93.6 Å². The van der Waals surface area contributed by atoms with Crippen LogP contribution in [0.25, 0.3) is 22.2 Å². The number of esters is 1. The maximum atomic E-state index is 13.4. The van der Waals surface area contributed by atoms with Crippen LogP contribution in [0.1, 0.15) is 39.6 Å². The number of Topliss-reactive ketones (excluding diaryl/α,β-unsaturated/α-hetero) is 1. The van der Waals surface area contributed by atoms with E-state index in [2.05, 4.69) is 15.9 Å². The molecule has 2 heterocycles. The van der Waals surface area contributed by atoms with Crippen LogP contribution < -0.4 is 4.90 Å². The van der Waals surface area contributed by atoms with Crippen molar-refractivity contribution in [3.8, 4) is 11.3 Å². The molecule has 0 spiro atoms. The van der Waals surface area contributed by atoms with Crippen molar-refractivity contribution >= 4 is 67.7 Å². The number of pyridine rings is 1. The molecular weight excluding hydrogens is 632 g/mol. The van der Waals surface area contributed by atoms with Gasteiger partial charge in [0.15, 0.2) is 12.4 Å². The molecular formula is C34H26BrClN2O5. The monoisotopic (exact) mass is 656 g/mol. The van der Waals surface area contributed by atoms with Gasteiger partial charge in [0.05, 0.1) is 34.3 Å². The van der Waals surface area contributed by atoms with E-state index in [1.807, 2.05) is 32.1 Å². The average molecular weight is 658 g/mol.